The molecule has 0 radical (unpaired) electrons. The first-order valence-electron chi connectivity index (χ1n) is 9.15. The molecule has 3 rings (SSSR count). The Labute approximate surface area is 148 Å². The van der Waals surface area contributed by atoms with Crippen molar-refractivity contribution in [3.63, 3.8) is 0 Å². The van der Waals surface area contributed by atoms with Crippen LogP contribution in [-0.4, -0.2) is 65.7 Å². The zero-order chi connectivity index (χ0) is 17.7. The fraction of sp³-hybridized carbons (Fsp3) is 0.632. The van der Waals surface area contributed by atoms with Crippen molar-refractivity contribution >= 4 is 5.91 Å². The molecule has 0 aromatic heterocycles. The van der Waals surface area contributed by atoms with Gasteiger partial charge in [0.25, 0.3) is 0 Å². The number of ether oxygens (including phenoxy) is 1. The van der Waals surface area contributed by atoms with Crippen LogP contribution in [0.5, 0.6) is 5.75 Å². The monoisotopic (exact) mass is 350 g/mol. The maximum absolute atomic E-state index is 12.9. The Kier molecular flexibility index (Phi) is 5.91. The van der Waals surface area contributed by atoms with Crippen molar-refractivity contribution < 1.29 is 19.0 Å². The van der Waals surface area contributed by atoms with Crippen molar-refractivity contribution in [3.05, 3.63) is 30.1 Å². The highest BCUT2D eigenvalue weighted by Crippen LogP contribution is 2.24. The van der Waals surface area contributed by atoms with E-state index in [0.29, 0.717) is 38.2 Å². The summed E-state index contributed by atoms with van der Waals surface area (Å²) in [4.78, 5) is 16.5. The number of hydrogen-bond acceptors (Lipinski definition) is 4. The second-order valence-corrected chi connectivity index (χ2v) is 7.18. The molecule has 2 fully saturated rings. The average molecular weight is 350 g/mol. The summed E-state index contributed by atoms with van der Waals surface area (Å²) in [5.74, 6) is 0.388. The van der Waals surface area contributed by atoms with E-state index in [2.05, 4.69) is 4.90 Å². The number of hydrogen-bond donors (Lipinski definition) is 1. The molecular weight excluding hydrogens is 323 g/mol. The summed E-state index contributed by atoms with van der Waals surface area (Å²) in [6, 6.07) is 5.79. The number of carbonyl (C=O) groups is 1. The van der Waals surface area contributed by atoms with Gasteiger partial charge in [-0.2, -0.15) is 0 Å². The van der Waals surface area contributed by atoms with Crippen molar-refractivity contribution in [2.24, 2.45) is 0 Å². The predicted molar refractivity (Wildman–Crippen MR) is 92.9 cm³/mol. The van der Waals surface area contributed by atoms with Gasteiger partial charge in [0.05, 0.1) is 6.54 Å². The number of aliphatic hydroxyl groups is 1. The molecule has 0 spiro atoms. The predicted octanol–water partition coefficient (Wildman–Crippen LogP) is 2.04. The second-order valence-electron chi connectivity index (χ2n) is 7.18. The van der Waals surface area contributed by atoms with Gasteiger partial charge in [0.1, 0.15) is 23.8 Å². The fourth-order valence-corrected chi connectivity index (χ4v) is 3.55. The summed E-state index contributed by atoms with van der Waals surface area (Å²) < 4.78 is 18.6. The highest BCUT2D eigenvalue weighted by atomic mass is 19.1. The van der Waals surface area contributed by atoms with Crippen molar-refractivity contribution in [1.82, 2.24) is 9.80 Å². The number of nitrogens with zero attached hydrogens (tertiary/aromatic N) is 2. The lowest BCUT2D eigenvalue weighted by molar-refractivity contribution is -0.132. The van der Waals surface area contributed by atoms with Crippen LogP contribution in [0.1, 0.15) is 32.1 Å². The quantitative estimate of drug-likeness (QED) is 0.883. The number of carbonyl (C=O) groups excluding carboxylic acids is 1. The Hall–Kier alpha value is -1.66. The fourth-order valence-electron chi connectivity index (χ4n) is 3.55. The van der Waals surface area contributed by atoms with E-state index in [9.17, 15) is 14.3 Å². The smallest absolute Gasteiger partial charge is 0.236 e. The maximum Gasteiger partial charge on any atom is 0.236 e. The lowest BCUT2D eigenvalue weighted by Gasteiger charge is -2.27. The molecule has 5 nitrogen and oxygen atoms in total. The highest BCUT2D eigenvalue weighted by molar-refractivity contribution is 5.78. The standard InChI is InChI=1S/C19H27FN2O3/c20-16-4-6-17(7-5-16)25-15-19(24)8-3-12-22(13-9-19)18(23)14-21-10-1-2-11-21/h4-7,24H,1-3,8-15H2. The number of likely N-dealkylation sites (tertiary alicyclic amines) is 2. The van der Waals surface area contributed by atoms with Crippen LogP contribution in [0.15, 0.2) is 24.3 Å². The van der Waals surface area contributed by atoms with Crippen LogP contribution in [0.3, 0.4) is 0 Å². The van der Waals surface area contributed by atoms with Gasteiger partial charge in [-0.25, -0.2) is 4.39 Å². The van der Waals surface area contributed by atoms with E-state index in [1.54, 1.807) is 12.1 Å². The molecule has 1 aromatic rings. The van der Waals surface area contributed by atoms with E-state index < -0.39 is 5.60 Å². The largest absolute Gasteiger partial charge is 0.491 e. The molecule has 2 aliphatic rings. The first-order chi connectivity index (χ1) is 12.0. The number of amides is 1. The van der Waals surface area contributed by atoms with Gasteiger partial charge in [-0.15, -0.1) is 0 Å². The van der Waals surface area contributed by atoms with Crippen LogP contribution in [0, 0.1) is 5.82 Å². The van der Waals surface area contributed by atoms with Gasteiger partial charge in [-0.3, -0.25) is 9.69 Å². The molecule has 2 aliphatic heterocycles. The van der Waals surface area contributed by atoms with Crippen LogP contribution >= 0.6 is 0 Å². The van der Waals surface area contributed by atoms with E-state index in [1.165, 1.54) is 25.0 Å². The van der Waals surface area contributed by atoms with E-state index in [1.807, 2.05) is 4.90 Å². The molecule has 6 heteroatoms. The van der Waals surface area contributed by atoms with Gasteiger partial charge in [0.15, 0.2) is 0 Å². The third-order valence-electron chi connectivity index (χ3n) is 5.15. The summed E-state index contributed by atoms with van der Waals surface area (Å²) >= 11 is 0. The summed E-state index contributed by atoms with van der Waals surface area (Å²) in [5, 5.41) is 10.8. The Balaban J connectivity index is 1.49. The van der Waals surface area contributed by atoms with E-state index in [4.69, 9.17) is 4.74 Å². The number of benzene rings is 1. The molecule has 2 saturated heterocycles. The molecule has 1 atom stereocenters. The SMILES string of the molecule is O=C(CN1CCCC1)N1CCCC(O)(COc2ccc(F)cc2)CC1. The first-order valence-corrected chi connectivity index (χ1v) is 9.15. The molecule has 1 unspecified atom stereocenters. The lowest BCUT2D eigenvalue weighted by Crippen LogP contribution is -2.41. The Morgan fingerprint density at radius 3 is 2.52 bits per heavy atom. The van der Waals surface area contributed by atoms with Crippen LogP contribution in [-0.2, 0) is 4.79 Å². The lowest BCUT2D eigenvalue weighted by atomic mass is 9.96. The molecule has 0 bridgehead atoms. The average Bonchev–Trinajstić information content (AvgIpc) is 3.02. The minimum Gasteiger partial charge on any atom is -0.491 e. The summed E-state index contributed by atoms with van der Waals surface area (Å²) in [6.07, 6.45) is 4.21. The van der Waals surface area contributed by atoms with Crippen LogP contribution in [0.4, 0.5) is 4.39 Å². The van der Waals surface area contributed by atoms with Crippen molar-refractivity contribution in [1.29, 1.82) is 0 Å². The maximum atomic E-state index is 12.9. The van der Waals surface area contributed by atoms with Gasteiger partial charge in [0, 0.05) is 13.1 Å². The Bertz CT molecular complexity index is 575. The number of halogens is 1. The zero-order valence-electron chi connectivity index (χ0n) is 14.6. The molecule has 0 aliphatic carbocycles. The van der Waals surface area contributed by atoms with Gasteiger partial charge in [-0.05, 0) is 69.5 Å². The van der Waals surface area contributed by atoms with Crippen molar-refractivity contribution in [3.8, 4) is 5.75 Å². The van der Waals surface area contributed by atoms with Gasteiger partial charge < -0.3 is 14.7 Å². The summed E-state index contributed by atoms with van der Waals surface area (Å²) in [5.41, 5.74) is -0.947. The summed E-state index contributed by atoms with van der Waals surface area (Å²) in [6.45, 7) is 3.91. The minimum atomic E-state index is -0.947. The van der Waals surface area contributed by atoms with Gasteiger partial charge >= 0.3 is 0 Å². The normalized spacial score (nSPS) is 25.0. The molecule has 1 N–H and O–H groups in total. The van der Waals surface area contributed by atoms with Gasteiger partial charge in [-0.1, -0.05) is 0 Å². The van der Waals surface area contributed by atoms with E-state index in [-0.39, 0.29) is 18.3 Å². The molecule has 1 amide bonds. The van der Waals surface area contributed by atoms with E-state index >= 15 is 0 Å². The van der Waals surface area contributed by atoms with Crippen LogP contribution < -0.4 is 4.74 Å². The third-order valence-corrected chi connectivity index (χ3v) is 5.15. The summed E-state index contributed by atoms with van der Waals surface area (Å²) in [7, 11) is 0. The van der Waals surface area contributed by atoms with Crippen LogP contribution in [0.2, 0.25) is 0 Å². The highest BCUT2D eigenvalue weighted by Gasteiger charge is 2.32. The zero-order valence-corrected chi connectivity index (χ0v) is 14.6. The van der Waals surface area contributed by atoms with Crippen molar-refractivity contribution in [2.45, 2.75) is 37.7 Å². The van der Waals surface area contributed by atoms with E-state index in [0.717, 1.165) is 19.5 Å². The molecular formula is C19H27FN2O3. The first kappa shape index (κ1) is 18.1. The topological polar surface area (TPSA) is 53.0 Å². The Morgan fingerprint density at radius 2 is 1.80 bits per heavy atom. The van der Waals surface area contributed by atoms with Gasteiger partial charge in [0.2, 0.25) is 5.91 Å². The molecule has 0 saturated carbocycles. The second kappa shape index (κ2) is 8.15. The van der Waals surface area contributed by atoms with Crippen LogP contribution in [0.25, 0.3) is 0 Å². The van der Waals surface area contributed by atoms with Crippen molar-refractivity contribution in [2.75, 3.05) is 39.3 Å². The molecule has 25 heavy (non-hydrogen) atoms. The molecule has 138 valence electrons. The molecule has 2 heterocycles. The third kappa shape index (κ3) is 5.16. The Morgan fingerprint density at radius 1 is 1.08 bits per heavy atom. The molecule has 1 aromatic carbocycles. The minimum absolute atomic E-state index is 0.158. The number of rotatable bonds is 5.